The van der Waals surface area contributed by atoms with Crippen molar-refractivity contribution in [3.63, 3.8) is 0 Å². The molecule has 7 nitrogen and oxygen atoms in total. The van der Waals surface area contributed by atoms with Gasteiger partial charge in [0.1, 0.15) is 11.6 Å². The molecule has 2 aromatic rings. The van der Waals surface area contributed by atoms with Gasteiger partial charge in [-0.25, -0.2) is 8.78 Å². The Morgan fingerprint density at radius 1 is 1.05 bits per heavy atom. The zero-order chi connectivity index (χ0) is 32.3. The molecular weight excluding hydrogens is 576 g/mol. The Kier molecular flexibility index (Phi) is 13.7. The van der Waals surface area contributed by atoms with E-state index in [2.05, 4.69) is 18.5 Å². The number of halogens is 2. The molecule has 2 rings (SSSR count). The molecule has 0 unspecified atom stereocenters. The minimum atomic E-state index is -4.03. The van der Waals surface area contributed by atoms with Crippen LogP contribution in [0.15, 0.2) is 49.6 Å². The number of aryl methyl sites for hydroxylation is 2. The number of carbonyl (C=O) groups is 2. The molecule has 0 heterocycles. The van der Waals surface area contributed by atoms with Gasteiger partial charge in [-0.05, 0) is 97.5 Å². The molecule has 1 N–H and O–H groups in total. The van der Waals surface area contributed by atoms with Crippen molar-refractivity contribution in [2.45, 2.75) is 84.3 Å². The number of amides is 1. The van der Waals surface area contributed by atoms with E-state index in [-0.39, 0.29) is 30.3 Å². The van der Waals surface area contributed by atoms with Crippen LogP contribution < -0.4 is 5.32 Å². The molecule has 1 amide bonds. The van der Waals surface area contributed by atoms with Gasteiger partial charge in [-0.3, -0.25) is 13.8 Å². The molecule has 10 heteroatoms. The van der Waals surface area contributed by atoms with Crippen LogP contribution in [0, 0.1) is 18.6 Å². The molecule has 0 saturated carbocycles. The molecular formula is C33H43F2NO6S. The van der Waals surface area contributed by atoms with E-state index in [0.717, 1.165) is 36.6 Å². The Morgan fingerprint density at radius 2 is 1.72 bits per heavy atom. The third kappa shape index (κ3) is 10.7. The number of ether oxygens (including phenoxy) is 1. The van der Waals surface area contributed by atoms with Gasteiger partial charge in [0.2, 0.25) is 0 Å². The number of hydrogen-bond donors (Lipinski definition) is 1. The first-order valence-corrected chi connectivity index (χ1v) is 16.2. The maximum Gasteiger partial charge on any atom is 0.308 e. The maximum atomic E-state index is 16.2. The first-order valence-electron chi connectivity index (χ1n) is 14.4. The molecule has 0 fully saturated rings. The zero-order valence-corrected chi connectivity index (χ0v) is 26.5. The highest BCUT2D eigenvalue weighted by molar-refractivity contribution is 7.86. The fraction of sp³-hybridized carbons (Fsp3) is 0.455. The van der Waals surface area contributed by atoms with Crippen LogP contribution in [0.2, 0.25) is 0 Å². The van der Waals surface area contributed by atoms with E-state index in [9.17, 15) is 22.4 Å². The smallest absolute Gasteiger partial charge is 0.308 e. The summed E-state index contributed by atoms with van der Waals surface area (Å²) in [5.74, 6) is -2.83. The number of carbonyl (C=O) groups excluding carboxylic acids is 2. The Bertz CT molecular complexity index is 1420. The maximum absolute atomic E-state index is 16.2. The Hall–Kier alpha value is -3.37. The van der Waals surface area contributed by atoms with E-state index < -0.39 is 46.4 Å². The summed E-state index contributed by atoms with van der Waals surface area (Å²) < 4.78 is 64.5. The number of hydrogen-bond acceptors (Lipinski definition) is 6. The molecule has 0 bridgehead atoms. The monoisotopic (exact) mass is 619 g/mol. The van der Waals surface area contributed by atoms with Crippen LogP contribution in [-0.2, 0) is 35.0 Å². The number of allylic oxidation sites excluding steroid dienone is 1. The molecule has 0 saturated heterocycles. The quantitative estimate of drug-likeness (QED) is 0.0887. The lowest BCUT2D eigenvalue weighted by molar-refractivity contribution is -0.144. The summed E-state index contributed by atoms with van der Waals surface area (Å²) in [7, 11) is -4.03. The van der Waals surface area contributed by atoms with E-state index >= 15 is 4.39 Å². The highest BCUT2D eigenvalue weighted by Gasteiger charge is 2.30. The minimum absolute atomic E-state index is 0.0145. The van der Waals surface area contributed by atoms with Crippen LogP contribution >= 0.6 is 0 Å². The largest absolute Gasteiger partial charge is 0.466 e. The highest BCUT2D eigenvalue weighted by Crippen LogP contribution is 2.37. The number of nitrogens with one attached hydrogen (secondary N) is 1. The first-order chi connectivity index (χ1) is 20.2. The van der Waals surface area contributed by atoms with Gasteiger partial charge < -0.3 is 10.1 Å². The second kappa shape index (κ2) is 16.5. The van der Waals surface area contributed by atoms with E-state index in [1.165, 1.54) is 18.2 Å². The summed E-state index contributed by atoms with van der Waals surface area (Å²) in [6.45, 7) is 14.4. The average molecular weight is 620 g/mol. The standard InChI is InChI=1S/C33H43F2NO6S/c1-8-11-12-13-15-23-17-25(34)16-22(6)31(23)24-18-26(21(4)5)32(35)27(19-24)28(20-30(37)41-10-3)36-33(38)29(14-9-2)42-43(7,39)40/h8-9,16-19,21,28-29H,1-2,10-15,20H2,3-7H3,(H,36,38)/t28-,29+/m0/s1. The first kappa shape index (κ1) is 35.8. The molecule has 0 aliphatic heterocycles. The molecule has 236 valence electrons. The van der Waals surface area contributed by atoms with Gasteiger partial charge in [0, 0.05) is 12.0 Å². The van der Waals surface area contributed by atoms with Crippen molar-refractivity contribution in [1.82, 2.24) is 5.32 Å². The van der Waals surface area contributed by atoms with E-state index in [1.54, 1.807) is 26.0 Å². The second-order valence-corrected chi connectivity index (χ2v) is 12.4. The van der Waals surface area contributed by atoms with Crippen molar-refractivity contribution in [2.75, 3.05) is 12.9 Å². The second-order valence-electron chi connectivity index (χ2n) is 10.8. The topological polar surface area (TPSA) is 98.8 Å². The fourth-order valence-corrected chi connectivity index (χ4v) is 5.55. The lowest BCUT2D eigenvalue weighted by Crippen LogP contribution is -2.40. The Balaban J connectivity index is 2.74. The van der Waals surface area contributed by atoms with Crippen molar-refractivity contribution >= 4 is 22.0 Å². The summed E-state index contributed by atoms with van der Waals surface area (Å²) in [6.07, 6.45) is 4.99. The molecule has 0 spiro atoms. The summed E-state index contributed by atoms with van der Waals surface area (Å²) in [4.78, 5) is 25.9. The van der Waals surface area contributed by atoms with Crippen LogP contribution in [0.25, 0.3) is 11.1 Å². The SMILES string of the molecule is C=CCCCCc1cc(F)cc(C)c1-c1cc(C(C)C)c(F)c([C@H](CC(=O)OCC)NC(=O)[C@@H](CC=C)OS(C)(=O)=O)c1. The van der Waals surface area contributed by atoms with Crippen molar-refractivity contribution in [3.05, 3.63) is 83.5 Å². The van der Waals surface area contributed by atoms with Crippen molar-refractivity contribution in [3.8, 4) is 11.1 Å². The predicted molar refractivity (Wildman–Crippen MR) is 165 cm³/mol. The number of benzene rings is 2. The van der Waals surface area contributed by atoms with Crippen LogP contribution in [0.1, 0.15) is 87.1 Å². The summed E-state index contributed by atoms with van der Waals surface area (Å²) in [6, 6.07) is 4.94. The van der Waals surface area contributed by atoms with Gasteiger partial charge >= 0.3 is 5.97 Å². The molecule has 0 aliphatic carbocycles. The Morgan fingerprint density at radius 3 is 2.30 bits per heavy atom. The third-order valence-electron chi connectivity index (χ3n) is 6.86. The van der Waals surface area contributed by atoms with Crippen molar-refractivity contribution in [1.29, 1.82) is 0 Å². The van der Waals surface area contributed by atoms with Crippen LogP contribution in [0.4, 0.5) is 8.78 Å². The lowest BCUT2D eigenvalue weighted by atomic mass is 9.86. The average Bonchev–Trinajstić information content (AvgIpc) is 2.90. The lowest BCUT2D eigenvalue weighted by Gasteiger charge is -2.25. The van der Waals surface area contributed by atoms with Gasteiger partial charge in [-0.2, -0.15) is 8.42 Å². The van der Waals surface area contributed by atoms with Crippen LogP contribution in [-0.4, -0.2) is 39.3 Å². The van der Waals surface area contributed by atoms with Crippen molar-refractivity contribution < 1.29 is 35.7 Å². The molecule has 2 atom stereocenters. The van der Waals surface area contributed by atoms with Gasteiger partial charge in [0.15, 0.2) is 6.10 Å². The molecule has 0 radical (unpaired) electrons. The molecule has 43 heavy (non-hydrogen) atoms. The highest BCUT2D eigenvalue weighted by atomic mass is 32.2. The summed E-state index contributed by atoms with van der Waals surface area (Å²) in [5, 5.41) is 2.62. The van der Waals surface area contributed by atoms with Gasteiger partial charge in [-0.1, -0.05) is 26.0 Å². The third-order valence-corrected chi connectivity index (χ3v) is 7.44. The van der Waals surface area contributed by atoms with Crippen molar-refractivity contribution in [2.24, 2.45) is 0 Å². The molecule has 0 aromatic heterocycles. The molecule has 2 aromatic carbocycles. The van der Waals surface area contributed by atoms with Gasteiger partial charge in [-0.15, -0.1) is 13.2 Å². The Labute approximate surface area is 254 Å². The fourth-order valence-electron chi connectivity index (χ4n) is 4.96. The minimum Gasteiger partial charge on any atom is -0.466 e. The van der Waals surface area contributed by atoms with Crippen LogP contribution in [0.5, 0.6) is 0 Å². The number of unbranched alkanes of at least 4 members (excludes halogenated alkanes) is 2. The molecule has 0 aliphatic rings. The van der Waals surface area contributed by atoms with Gasteiger partial charge in [0.05, 0.1) is 25.3 Å². The van der Waals surface area contributed by atoms with Crippen LogP contribution in [0.3, 0.4) is 0 Å². The summed E-state index contributed by atoms with van der Waals surface area (Å²) >= 11 is 0. The predicted octanol–water partition coefficient (Wildman–Crippen LogP) is 6.99. The number of esters is 1. The zero-order valence-electron chi connectivity index (χ0n) is 25.7. The van der Waals surface area contributed by atoms with E-state index in [1.807, 2.05) is 19.9 Å². The van der Waals surface area contributed by atoms with E-state index in [4.69, 9.17) is 8.92 Å². The normalized spacial score (nSPS) is 12.9. The number of rotatable bonds is 17. The van der Waals surface area contributed by atoms with Gasteiger partial charge in [0.25, 0.3) is 16.0 Å². The van der Waals surface area contributed by atoms with E-state index in [0.29, 0.717) is 23.1 Å². The summed E-state index contributed by atoms with van der Waals surface area (Å²) in [5.41, 5.74) is 3.12.